The van der Waals surface area contributed by atoms with E-state index in [1.54, 1.807) is 9.80 Å². The minimum atomic E-state index is -0.789. The molecule has 0 aromatic heterocycles. The van der Waals surface area contributed by atoms with Gasteiger partial charge in [-0.15, -0.1) is 0 Å². The van der Waals surface area contributed by atoms with Crippen molar-refractivity contribution in [3.8, 4) is 0 Å². The van der Waals surface area contributed by atoms with Crippen LogP contribution >= 0.6 is 0 Å². The molecule has 0 saturated carbocycles. The zero-order chi connectivity index (χ0) is 15.4. The maximum Gasteiger partial charge on any atom is 0.319 e. The number of likely N-dealkylation sites (tertiary alicyclic amines) is 2. The number of urea groups is 1. The summed E-state index contributed by atoms with van der Waals surface area (Å²) >= 11 is 0. The van der Waals surface area contributed by atoms with Crippen molar-refractivity contribution in [1.82, 2.24) is 14.7 Å². The van der Waals surface area contributed by atoms with Crippen LogP contribution in [0.2, 0.25) is 0 Å². The fourth-order valence-corrected chi connectivity index (χ4v) is 3.51. The van der Waals surface area contributed by atoms with E-state index in [1.165, 1.54) is 6.42 Å². The summed E-state index contributed by atoms with van der Waals surface area (Å²) < 4.78 is 0. The van der Waals surface area contributed by atoms with Crippen molar-refractivity contribution in [2.45, 2.75) is 38.6 Å². The number of carbonyl (C=O) groups is 2. The molecule has 2 aliphatic heterocycles. The molecule has 21 heavy (non-hydrogen) atoms. The predicted octanol–water partition coefficient (Wildman–Crippen LogP) is 1.32. The normalized spacial score (nSPS) is 26.9. The smallest absolute Gasteiger partial charge is 0.319 e. The number of piperidine rings is 1. The quantitative estimate of drug-likeness (QED) is 0.850. The highest BCUT2D eigenvalue weighted by molar-refractivity contribution is 5.76. The third-order valence-corrected chi connectivity index (χ3v) is 4.76. The number of rotatable bonds is 4. The van der Waals surface area contributed by atoms with Gasteiger partial charge in [0.15, 0.2) is 0 Å². The number of carbonyl (C=O) groups excluding carboxylic acids is 1. The number of carboxylic acids is 1. The second-order valence-corrected chi connectivity index (χ2v) is 6.21. The fraction of sp³-hybridized carbons (Fsp3) is 0.867. The maximum atomic E-state index is 12.5. The predicted molar refractivity (Wildman–Crippen MR) is 80.2 cm³/mol. The van der Waals surface area contributed by atoms with Gasteiger partial charge in [0.2, 0.25) is 0 Å². The summed E-state index contributed by atoms with van der Waals surface area (Å²) in [6.07, 6.45) is 3.80. The summed E-state index contributed by atoms with van der Waals surface area (Å²) in [5, 5.41) is 9.11. The Bertz CT molecular complexity index is 388. The van der Waals surface area contributed by atoms with Crippen LogP contribution in [-0.4, -0.2) is 77.6 Å². The molecule has 0 bridgehead atoms. The molecule has 6 heteroatoms. The average Bonchev–Trinajstić information content (AvgIpc) is 2.93. The van der Waals surface area contributed by atoms with Crippen LogP contribution in [0.15, 0.2) is 0 Å². The van der Waals surface area contributed by atoms with Crippen LogP contribution in [0.4, 0.5) is 4.79 Å². The fourth-order valence-electron chi connectivity index (χ4n) is 3.51. The number of amides is 2. The number of likely N-dealkylation sites (N-methyl/N-ethyl adjacent to an activating group) is 2. The van der Waals surface area contributed by atoms with E-state index in [-0.39, 0.29) is 6.03 Å². The van der Waals surface area contributed by atoms with Crippen LogP contribution < -0.4 is 0 Å². The SMILES string of the molecule is CCN1CCCC1CN(C)C(=O)N1CCCC(C(=O)O)C1. The first kappa shape index (κ1) is 16.1. The van der Waals surface area contributed by atoms with Gasteiger partial charge in [-0.05, 0) is 38.8 Å². The number of aliphatic carboxylic acids is 1. The Kier molecular flexibility index (Phi) is 5.45. The molecule has 2 aliphatic rings. The van der Waals surface area contributed by atoms with Crippen molar-refractivity contribution >= 4 is 12.0 Å². The Balaban J connectivity index is 1.88. The van der Waals surface area contributed by atoms with Gasteiger partial charge in [-0.25, -0.2) is 4.79 Å². The van der Waals surface area contributed by atoms with Crippen molar-refractivity contribution in [2.75, 3.05) is 39.8 Å². The van der Waals surface area contributed by atoms with Gasteiger partial charge in [-0.2, -0.15) is 0 Å². The standard InChI is InChI=1S/C15H27N3O3/c1-3-17-8-5-7-13(17)11-16(2)15(21)18-9-4-6-12(10-18)14(19)20/h12-13H,3-11H2,1-2H3,(H,19,20). The second-order valence-electron chi connectivity index (χ2n) is 6.21. The van der Waals surface area contributed by atoms with Gasteiger partial charge in [0, 0.05) is 32.7 Å². The molecule has 2 atom stereocenters. The molecule has 2 fully saturated rings. The maximum absolute atomic E-state index is 12.5. The molecule has 6 nitrogen and oxygen atoms in total. The summed E-state index contributed by atoms with van der Waals surface area (Å²) in [7, 11) is 1.83. The van der Waals surface area contributed by atoms with E-state index in [0.717, 1.165) is 32.5 Å². The molecule has 2 heterocycles. The zero-order valence-corrected chi connectivity index (χ0v) is 13.1. The summed E-state index contributed by atoms with van der Waals surface area (Å²) in [6.45, 7) is 6.06. The first-order valence-corrected chi connectivity index (χ1v) is 7.99. The monoisotopic (exact) mass is 297 g/mol. The second kappa shape index (κ2) is 7.11. The van der Waals surface area contributed by atoms with Crippen LogP contribution in [0, 0.1) is 5.92 Å². The lowest BCUT2D eigenvalue weighted by molar-refractivity contribution is -0.143. The van der Waals surface area contributed by atoms with Crippen LogP contribution in [0.25, 0.3) is 0 Å². The van der Waals surface area contributed by atoms with Crippen LogP contribution in [0.3, 0.4) is 0 Å². The number of carboxylic acid groups (broad SMARTS) is 1. The van der Waals surface area contributed by atoms with Gasteiger partial charge in [0.1, 0.15) is 0 Å². The Labute approximate surface area is 126 Å². The lowest BCUT2D eigenvalue weighted by Crippen LogP contribution is -2.50. The average molecular weight is 297 g/mol. The topological polar surface area (TPSA) is 64.1 Å². The van der Waals surface area contributed by atoms with E-state index in [9.17, 15) is 9.59 Å². The molecule has 2 amide bonds. The van der Waals surface area contributed by atoms with E-state index in [1.807, 2.05) is 7.05 Å². The first-order valence-electron chi connectivity index (χ1n) is 7.99. The van der Waals surface area contributed by atoms with Gasteiger partial charge in [-0.1, -0.05) is 6.92 Å². The minimum absolute atomic E-state index is 0.0242. The lowest BCUT2D eigenvalue weighted by atomic mass is 9.98. The van der Waals surface area contributed by atoms with Crippen molar-refractivity contribution in [2.24, 2.45) is 5.92 Å². The minimum Gasteiger partial charge on any atom is -0.481 e. The van der Waals surface area contributed by atoms with Crippen molar-refractivity contribution in [3.63, 3.8) is 0 Å². The van der Waals surface area contributed by atoms with Crippen molar-refractivity contribution < 1.29 is 14.7 Å². The molecule has 0 radical (unpaired) electrons. The Hall–Kier alpha value is -1.30. The molecule has 0 aliphatic carbocycles. The van der Waals surface area contributed by atoms with Crippen LogP contribution in [-0.2, 0) is 4.79 Å². The van der Waals surface area contributed by atoms with E-state index in [0.29, 0.717) is 25.6 Å². The largest absolute Gasteiger partial charge is 0.481 e. The third-order valence-electron chi connectivity index (χ3n) is 4.76. The lowest BCUT2D eigenvalue weighted by Gasteiger charge is -2.35. The summed E-state index contributed by atoms with van der Waals surface area (Å²) in [5.41, 5.74) is 0. The summed E-state index contributed by atoms with van der Waals surface area (Å²) in [6, 6.07) is 0.424. The molecule has 2 unspecified atom stereocenters. The molecule has 2 rings (SSSR count). The summed E-state index contributed by atoms with van der Waals surface area (Å²) in [4.78, 5) is 29.5. The molecule has 0 aromatic rings. The van der Waals surface area contributed by atoms with Crippen molar-refractivity contribution in [3.05, 3.63) is 0 Å². The van der Waals surface area contributed by atoms with Crippen LogP contribution in [0.1, 0.15) is 32.6 Å². The highest BCUT2D eigenvalue weighted by atomic mass is 16.4. The van der Waals surface area contributed by atoms with Gasteiger partial charge in [-0.3, -0.25) is 9.69 Å². The van der Waals surface area contributed by atoms with Crippen molar-refractivity contribution in [1.29, 1.82) is 0 Å². The molecular weight excluding hydrogens is 270 g/mol. The number of hydrogen-bond donors (Lipinski definition) is 1. The molecule has 1 N–H and O–H groups in total. The van der Waals surface area contributed by atoms with E-state index >= 15 is 0 Å². The highest BCUT2D eigenvalue weighted by Crippen LogP contribution is 2.20. The highest BCUT2D eigenvalue weighted by Gasteiger charge is 2.31. The van der Waals surface area contributed by atoms with Gasteiger partial charge >= 0.3 is 12.0 Å². The molecular formula is C15H27N3O3. The van der Waals surface area contributed by atoms with Gasteiger partial charge in [0.05, 0.1) is 5.92 Å². The molecule has 120 valence electrons. The molecule has 0 spiro atoms. The third kappa shape index (κ3) is 3.87. The van der Waals surface area contributed by atoms with Gasteiger partial charge in [0.25, 0.3) is 0 Å². The number of hydrogen-bond acceptors (Lipinski definition) is 3. The van der Waals surface area contributed by atoms with Crippen LogP contribution in [0.5, 0.6) is 0 Å². The first-order chi connectivity index (χ1) is 10.0. The zero-order valence-electron chi connectivity index (χ0n) is 13.1. The van der Waals surface area contributed by atoms with Gasteiger partial charge < -0.3 is 14.9 Å². The van der Waals surface area contributed by atoms with E-state index in [4.69, 9.17) is 5.11 Å². The Morgan fingerprint density at radius 1 is 1.24 bits per heavy atom. The Morgan fingerprint density at radius 3 is 2.62 bits per heavy atom. The number of nitrogens with zero attached hydrogens (tertiary/aromatic N) is 3. The molecule has 2 saturated heterocycles. The Morgan fingerprint density at radius 2 is 1.95 bits per heavy atom. The van der Waals surface area contributed by atoms with E-state index in [2.05, 4.69) is 11.8 Å². The van der Waals surface area contributed by atoms with E-state index < -0.39 is 11.9 Å². The molecule has 0 aromatic carbocycles. The summed E-state index contributed by atoms with van der Waals surface area (Å²) in [5.74, 6) is -1.20.